The molecule has 18 heavy (non-hydrogen) atoms. The van der Waals surface area contributed by atoms with Gasteiger partial charge in [0.25, 0.3) is 0 Å². The number of hydrogen-bond donors (Lipinski definition) is 2. The van der Waals surface area contributed by atoms with Gasteiger partial charge >= 0.3 is 0 Å². The van der Waals surface area contributed by atoms with E-state index in [1.807, 2.05) is 12.1 Å². The molecule has 94 valence electrons. The molecule has 3 nitrogen and oxygen atoms in total. The van der Waals surface area contributed by atoms with E-state index in [1.54, 1.807) is 6.20 Å². The number of fused-ring (bicyclic) bond motifs is 1. The summed E-state index contributed by atoms with van der Waals surface area (Å²) < 4.78 is 0. The van der Waals surface area contributed by atoms with Gasteiger partial charge < -0.3 is 11.1 Å². The van der Waals surface area contributed by atoms with Gasteiger partial charge in [0, 0.05) is 23.8 Å². The van der Waals surface area contributed by atoms with Crippen LogP contribution in [-0.2, 0) is 0 Å². The van der Waals surface area contributed by atoms with Crippen LogP contribution in [0.1, 0.15) is 25.7 Å². The number of nitrogens with two attached hydrogens (primary N) is 1. The Kier molecular flexibility index (Phi) is 3.05. The molecule has 0 bridgehead atoms. The summed E-state index contributed by atoms with van der Waals surface area (Å²) in [7, 11) is 0. The van der Waals surface area contributed by atoms with Crippen LogP contribution in [0.4, 0.5) is 11.4 Å². The lowest BCUT2D eigenvalue weighted by Gasteiger charge is -2.10. The van der Waals surface area contributed by atoms with Gasteiger partial charge in [0.15, 0.2) is 0 Å². The van der Waals surface area contributed by atoms with Crippen LogP contribution in [0.15, 0.2) is 30.5 Å². The van der Waals surface area contributed by atoms with Crippen LogP contribution >= 0.6 is 0 Å². The molecule has 2 aromatic rings. The molecule has 1 aliphatic carbocycles. The minimum Gasteiger partial charge on any atom is -0.397 e. The van der Waals surface area contributed by atoms with Crippen LogP contribution in [0.3, 0.4) is 0 Å². The number of aromatic nitrogens is 1. The van der Waals surface area contributed by atoms with Crippen LogP contribution in [0.5, 0.6) is 0 Å². The summed E-state index contributed by atoms with van der Waals surface area (Å²) in [6, 6.07) is 8.01. The van der Waals surface area contributed by atoms with Crippen molar-refractivity contribution in [1.82, 2.24) is 4.98 Å². The van der Waals surface area contributed by atoms with Crippen molar-refractivity contribution in [3.63, 3.8) is 0 Å². The maximum Gasteiger partial charge on any atom is 0.0951 e. The minimum absolute atomic E-state index is 0.745. The summed E-state index contributed by atoms with van der Waals surface area (Å²) >= 11 is 0. The Bertz CT molecular complexity index is 546. The van der Waals surface area contributed by atoms with Gasteiger partial charge in [-0.1, -0.05) is 12.8 Å². The van der Waals surface area contributed by atoms with Gasteiger partial charge in [0.1, 0.15) is 0 Å². The predicted molar refractivity (Wildman–Crippen MR) is 76.6 cm³/mol. The number of anilines is 2. The zero-order chi connectivity index (χ0) is 12.4. The van der Waals surface area contributed by atoms with E-state index in [2.05, 4.69) is 22.4 Å². The Morgan fingerprint density at radius 1 is 1.28 bits per heavy atom. The zero-order valence-corrected chi connectivity index (χ0v) is 10.5. The first-order chi connectivity index (χ1) is 8.84. The second kappa shape index (κ2) is 4.84. The van der Waals surface area contributed by atoms with Crippen molar-refractivity contribution >= 4 is 22.3 Å². The fourth-order valence-electron chi connectivity index (χ4n) is 2.37. The highest BCUT2D eigenvalue weighted by Gasteiger charge is 2.19. The van der Waals surface area contributed by atoms with Crippen molar-refractivity contribution in [2.75, 3.05) is 17.6 Å². The first-order valence-electron chi connectivity index (χ1n) is 6.71. The summed E-state index contributed by atoms with van der Waals surface area (Å²) in [6.45, 7) is 1.03. The van der Waals surface area contributed by atoms with Gasteiger partial charge in [-0.05, 0) is 43.0 Å². The van der Waals surface area contributed by atoms with E-state index in [0.717, 1.165) is 34.7 Å². The Morgan fingerprint density at radius 2 is 2.17 bits per heavy atom. The molecule has 1 aliphatic rings. The fourth-order valence-corrected chi connectivity index (χ4v) is 2.37. The molecule has 0 amide bonds. The van der Waals surface area contributed by atoms with E-state index in [1.165, 1.54) is 25.7 Å². The Balaban J connectivity index is 1.72. The first-order valence-corrected chi connectivity index (χ1v) is 6.71. The smallest absolute Gasteiger partial charge is 0.0951 e. The second-order valence-electron chi connectivity index (χ2n) is 5.11. The zero-order valence-electron chi connectivity index (χ0n) is 10.5. The van der Waals surface area contributed by atoms with E-state index in [0.29, 0.717) is 0 Å². The lowest BCUT2D eigenvalue weighted by molar-refractivity contribution is 0.687. The van der Waals surface area contributed by atoms with Crippen molar-refractivity contribution in [2.24, 2.45) is 5.92 Å². The minimum atomic E-state index is 0.745. The molecule has 1 heterocycles. The monoisotopic (exact) mass is 241 g/mol. The SMILES string of the molecule is Nc1ccc(NCCCC2CC2)c2cccnc12. The third-order valence-corrected chi connectivity index (χ3v) is 3.60. The molecule has 3 rings (SSSR count). The highest BCUT2D eigenvalue weighted by atomic mass is 14.9. The topological polar surface area (TPSA) is 50.9 Å². The van der Waals surface area contributed by atoms with E-state index < -0.39 is 0 Å². The van der Waals surface area contributed by atoms with Crippen LogP contribution in [0.25, 0.3) is 10.9 Å². The van der Waals surface area contributed by atoms with Crippen molar-refractivity contribution < 1.29 is 0 Å². The van der Waals surface area contributed by atoms with Gasteiger partial charge in [-0.15, -0.1) is 0 Å². The molecular formula is C15H19N3. The lowest BCUT2D eigenvalue weighted by atomic mass is 10.1. The van der Waals surface area contributed by atoms with E-state index in [-0.39, 0.29) is 0 Å². The third-order valence-electron chi connectivity index (χ3n) is 3.60. The fraction of sp³-hybridized carbons (Fsp3) is 0.400. The second-order valence-corrected chi connectivity index (χ2v) is 5.11. The molecule has 3 N–H and O–H groups in total. The van der Waals surface area contributed by atoms with E-state index in [9.17, 15) is 0 Å². The van der Waals surface area contributed by atoms with Crippen molar-refractivity contribution in [3.8, 4) is 0 Å². The van der Waals surface area contributed by atoms with Gasteiger partial charge in [-0.2, -0.15) is 0 Å². The molecular weight excluding hydrogens is 222 g/mol. The molecule has 0 saturated heterocycles. The molecule has 3 heteroatoms. The Hall–Kier alpha value is -1.77. The predicted octanol–water partition coefficient (Wildman–Crippen LogP) is 3.42. The molecule has 1 fully saturated rings. The number of hydrogen-bond acceptors (Lipinski definition) is 3. The van der Waals surface area contributed by atoms with Gasteiger partial charge in [0.05, 0.1) is 11.2 Å². The Morgan fingerprint density at radius 3 is 3.00 bits per heavy atom. The van der Waals surface area contributed by atoms with Crippen molar-refractivity contribution in [1.29, 1.82) is 0 Å². The molecule has 1 aromatic carbocycles. The maximum atomic E-state index is 5.94. The summed E-state index contributed by atoms with van der Waals surface area (Å²) in [6.07, 6.45) is 7.27. The summed E-state index contributed by atoms with van der Waals surface area (Å²) in [4.78, 5) is 4.34. The average molecular weight is 241 g/mol. The van der Waals surface area contributed by atoms with Gasteiger partial charge in [0.2, 0.25) is 0 Å². The molecule has 1 saturated carbocycles. The molecule has 0 unspecified atom stereocenters. The summed E-state index contributed by atoms with van der Waals surface area (Å²) in [5.41, 5.74) is 8.72. The lowest BCUT2D eigenvalue weighted by Crippen LogP contribution is -2.03. The van der Waals surface area contributed by atoms with Gasteiger partial charge in [-0.3, -0.25) is 4.98 Å². The summed E-state index contributed by atoms with van der Waals surface area (Å²) in [5, 5.41) is 4.62. The molecule has 0 spiro atoms. The normalized spacial score (nSPS) is 14.9. The highest BCUT2D eigenvalue weighted by Crippen LogP contribution is 2.33. The van der Waals surface area contributed by atoms with E-state index in [4.69, 9.17) is 5.73 Å². The molecule has 0 atom stereocenters. The van der Waals surface area contributed by atoms with E-state index >= 15 is 0 Å². The Labute approximate surface area is 107 Å². The quantitative estimate of drug-likeness (QED) is 0.623. The number of nitrogens with one attached hydrogen (secondary N) is 1. The first kappa shape index (κ1) is 11.3. The van der Waals surface area contributed by atoms with Crippen LogP contribution < -0.4 is 11.1 Å². The maximum absolute atomic E-state index is 5.94. The average Bonchev–Trinajstić information content (AvgIpc) is 3.21. The van der Waals surface area contributed by atoms with Crippen molar-refractivity contribution in [2.45, 2.75) is 25.7 Å². The van der Waals surface area contributed by atoms with Crippen LogP contribution in [-0.4, -0.2) is 11.5 Å². The van der Waals surface area contributed by atoms with Crippen molar-refractivity contribution in [3.05, 3.63) is 30.5 Å². The largest absolute Gasteiger partial charge is 0.397 e. The van der Waals surface area contributed by atoms with Crippen LogP contribution in [0, 0.1) is 5.92 Å². The number of nitrogen functional groups attached to an aromatic ring is 1. The molecule has 0 aliphatic heterocycles. The van der Waals surface area contributed by atoms with Gasteiger partial charge in [-0.25, -0.2) is 0 Å². The van der Waals surface area contributed by atoms with Crippen LogP contribution in [0.2, 0.25) is 0 Å². The molecule has 1 aromatic heterocycles. The number of nitrogens with zero attached hydrogens (tertiary/aromatic N) is 1. The highest BCUT2D eigenvalue weighted by molar-refractivity contribution is 5.98. The summed E-state index contributed by atoms with van der Waals surface area (Å²) in [5.74, 6) is 1.01. The number of pyridine rings is 1. The standard InChI is InChI=1S/C15H19N3/c16-13-7-8-14(12-4-2-10-18-15(12)13)17-9-1-3-11-5-6-11/h2,4,7-8,10-11,17H,1,3,5-6,9,16H2. The number of benzene rings is 1. The molecule has 0 radical (unpaired) electrons. The third kappa shape index (κ3) is 2.40. The number of rotatable bonds is 5.